The van der Waals surface area contributed by atoms with Crippen LogP contribution in [-0.4, -0.2) is 19.7 Å². The van der Waals surface area contributed by atoms with Crippen LogP contribution < -0.4 is 10.1 Å². The highest BCUT2D eigenvalue weighted by Gasteiger charge is 2.22. The Labute approximate surface area is 126 Å². The lowest BCUT2D eigenvalue weighted by atomic mass is 9.85. The Bertz CT molecular complexity index is 648. The fourth-order valence-corrected chi connectivity index (χ4v) is 3.63. The smallest absolute Gasteiger partial charge is 0.123 e. The van der Waals surface area contributed by atoms with Crippen LogP contribution in [0.1, 0.15) is 23.1 Å². The van der Waals surface area contributed by atoms with Gasteiger partial charge in [-0.25, -0.2) is 0 Å². The van der Waals surface area contributed by atoms with Crippen LogP contribution in [0, 0.1) is 0 Å². The summed E-state index contributed by atoms with van der Waals surface area (Å²) in [6.45, 7) is 3.00. The molecule has 0 aromatic heterocycles. The van der Waals surface area contributed by atoms with Gasteiger partial charge in [-0.3, -0.25) is 0 Å². The molecule has 2 aliphatic heterocycles. The summed E-state index contributed by atoms with van der Waals surface area (Å²) in [6.07, 6.45) is 4.49. The number of rotatable bonds is 1. The lowest BCUT2D eigenvalue weighted by Gasteiger charge is -2.25. The van der Waals surface area contributed by atoms with E-state index in [1.807, 2.05) is 0 Å². The van der Waals surface area contributed by atoms with Gasteiger partial charge in [0.2, 0.25) is 0 Å². The largest absolute Gasteiger partial charge is 0.493 e. The van der Waals surface area contributed by atoms with Crippen molar-refractivity contribution in [1.82, 2.24) is 5.32 Å². The first-order valence-electron chi connectivity index (χ1n) is 8.00. The lowest BCUT2D eigenvalue weighted by molar-refractivity contribution is 0.288. The van der Waals surface area contributed by atoms with Crippen LogP contribution in [0.3, 0.4) is 0 Å². The highest BCUT2D eigenvalue weighted by atomic mass is 16.5. The third kappa shape index (κ3) is 2.34. The van der Waals surface area contributed by atoms with E-state index in [1.54, 1.807) is 0 Å². The molecule has 2 heterocycles. The summed E-state index contributed by atoms with van der Waals surface area (Å²) in [5, 5.41) is 3.52. The van der Waals surface area contributed by atoms with Gasteiger partial charge in [0.1, 0.15) is 5.75 Å². The molecule has 21 heavy (non-hydrogen) atoms. The van der Waals surface area contributed by atoms with Gasteiger partial charge in [-0.15, -0.1) is 0 Å². The van der Waals surface area contributed by atoms with Crippen LogP contribution in [-0.2, 0) is 19.3 Å². The zero-order chi connectivity index (χ0) is 14.1. The van der Waals surface area contributed by atoms with E-state index in [1.165, 1.54) is 27.8 Å². The Hall–Kier alpha value is -1.80. The van der Waals surface area contributed by atoms with Crippen molar-refractivity contribution in [1.29, 1.82) is 0 Å². The summed E-state index contributed by atoms with van der Waals surface area (Å²) in [5.74, 6) is 1.13. The zero-order valence-corrected chi connectivity index (χ0v) is 12.3. The molecule has 2 aromatic carbocycles. The average molecular weight is 279 g/mol. The molecular weight excluding hydrogens is 258 g/mol. The summed E-state index contributed by atoms with van der Waals surface area (Å²) in [6, 6.07) is 13.2. The van der Waals surface area contributed by atoms with Crippen molar-refractivity contribution in [3.05, 3.63) is 53.1 Å². The molecule has 0 spiro atoms. The maximum Gasteiger partial charge on any atom is 0.123 e. The number of fused-ring (bicyclic) bond motifs is 2. The van der Waals surface area contributed by atoms with Crippen LogP contribution in [0.25, 0.3) is 11.1 Å². The third-order valence-electron chi connectivity index (χ3n) is 4.61. The molecule has 0 bridgehead atoms. The molecule has 2 heteroatoms. The minimum atomic E-state index is 0.859. The van der Waals surface area contributed by atoms with E-state index < -0.39 is 0 Å². The fourth-order valence-electron chi connectivity index (χ4n) is 3.63. The SMILES string of the molecule is c1ccc(-c2c3c(cc4c2CCCO4)CCNCC3)cc1. The van der Waals surface area contributed by atoms with Crippen molar-refractivity contribution in [2.45, 2.75) is 25.7 Å². The number of ether oxygens (including phenoxy) is 1. The molecule has 0 amide bonds. The summed E-state index contributed by atoms with van der Waals surface area (Å²) < 4.78 is 5.97. The molecule has 0 atom stereocenters. The van der Waals surface area contributed by atoms with Gasteiger partial charge in [-0.05, 0) is 67.1 Å². The number of hydrogen-bond acceptors (Lipinski definition) is 2. The molecular formula is C19H21NO. The van der Waals surface area contributed by atoms with Crippen molar-refractivity contribution in [2.24, 2.45) is 0 Å². The fraction of sp³-hybridized carbons (Fsp3) is 0.368. The molecule has 108 valence electrons. The minimum Gasteiger partial charge on any atom is -0.493 e. The standard InChI is InChI=1S/C19H21NO/c1-2-5-14(6-3-1)19-16-9-11-20-10-8-15(16)13-18-17(19)7-4-12-21-18/h1-3,5-6,13,20H,4,7-12H2. The Morgan fingerprint density at radius 1 is 0.905 bits per heavy atom. The third-order valence-corrected chi connectivity index (χ3v) is 4.61. The zero-order valence-electron chi connectivity index (χ0n) is 12.3. The highest BCUT2D eigenvalue weighted by molar-refractivity contribution is 5.76. The van der Waals surface area contributed by atoms with E-state index in [9.17, 15) is 0 Å². The Morgan fingerprint density at radius 2 is 1.76 bits per heavy atom. The molecule has 1 N–H and O–H groups in total. The van der Waals surface area contributed by atoms with E-state index in [2.05, 4.69) is 41.7 Å². The molecule has 0 radical (unpaired) electrons. The van der Waals surface area contributed by atoms with Gasteiger partial charge in [-0.1, -0.05) is 30.3 Å². The summed E-state index contributed by atoms with van der Waals surface area (Å²) in [5.41, 5.74) is 7.23. The van der Waals surface area contributed by atoms with Crippen LogP contribution in [0.4, 0.5) is 0 Å². The second-order valence-corrected chi connectivity index (χ2v) is 5.93. The molecule has 0 unspecified atom stereocenters. The van der Waals surface area contributed by atoms with Crippen LogP contribution in [0.15, 0.2) is 36.4 Å². The Morgan fingerprint density at radius 3 is 2.67 bits per heavy atom. The maximum atomic E-state index is 5.97. The van der Waals surface area contributed by atoms with Crippen LogP contribution in [0.5, 0.6) is 5.75 Å². The van der Waals surface area contributed by atoms with Crippen molar-refractivity contribution in [3.63, 3.8) is 0 Å². The topological polar surface area (TPSA) is 21.3 Å². The quantitative estimate of drug-likeness (QED) is 0.864. The van der Waals surface area contributed by atoms with E-state index in [4.69, 9.17) is 4.74 Å². The number of hydrogen-bond donors (Lipinski definition) is 1. The second-order valence-electron chi connectivity index (χ2n) is 5.93. The van der Waals surface area contributed by atoms with Crippen molar-refractivity contribution < 1.29 is 4.74 Å². The van der Waals surface area contributed by atoms with Crippen LogP contribution in [0.2, 0.25) is 0 Å². The van der Waals surface area contributed by atoms with Gasteiger partial charge < -0.3 is 10.1 Å². The average Bonchev–Trinajstić information content (AvgIpc) is 2.78. The van der Waals surface area contributed by atoms with Crippen molar-refractivity contribution in [3.8, 4) is 16.9 Å². The first kappa shape index (κ1) is 12.9. The van der Waals surface area contributed by atoms with E-state index in [-0.39, 0.29) is 0 Å². The van der Waals surface area contributed by atoms with Gasteiger partial charge in [0.05, 0.1) is 6.61 Å². The van der Waals surface area contributed by atoms with Gasteiger partial charge in [0.15, 0.2) is 0 Å². The van der Waals surface area contributed by atoms with Gasteiger partial charge in [0, 0.05) is 5.56 Å². The Kier molecular flexibility index (Phi) is 3.40. The first-order chi connectivity index (χ1) is 10.4. The number of benzene rings is 2. The normalized spacial score (nSPS) is 17.3. The molecule has 2 nitrogen and oxygen atoms in total. The molecule has 0 saturated carbocycles. The van der Waals surface area contributed by atoms with E-state index >= 15 is 0 Å². The molecule has 0 aliphatic carbocycles. The van der Waals surface area contributed by atoms with E-state index in [0.29, 0.717) is 0 Å². The molecule has 4 rings (SSSR count). The summed E-state index contributed by atoms with van der Waals surface area (Å²) >= 11 is 0. The van der Waals surface area contributed by atoms with Gasteiger partial charge in [0.25, 0.3) is 0 Å². The predicted octanol–water partition coefficient (Wildman–Crippen LogP) is 3.37. The highest BCUT2D eigenvalue weighted by Crippen LogP contribution is 2.40. The van der Waals surface area contributed by atoms with Crippen LogP contribution >= 0.6 is 0 Å². The second kappa shape index (κ2) is 5.53. The monoisotopic (exact) mass is 279 g/mol. The van der Waals surface area contributed by atoms with Gasteiger partial charge >= 0.3 is 0 Å². The van der Waals surface area contributed by atoms with E-state index in [0.717, 1.165) is 51.1 Å². The maximum absolute atomic E-state index is 5.97. The first-order valence-corrected chi connectivity index (χ1v) is 8.00. The molecule has 2 aliphatic rings. The summed E-state index contributed by atoms with van der Waals surface area (Å²) in [7, 11) is 0. The summed E-state index contributed by atoms with van der Waals surface area (Å²) in [4.78, 5) is 0. The van der Waals surface area contributed by atoms with Crippen molar-refractivity contribution >= 4 is 0 Å². The number of nitrogens with one attached hydrogen (secondary N) is 1. The molecule has 0 saturated heterocycles. The lowest BCUT2D eigenvalue weighted by Crippen LogP contribution is -2.16. The Balaban J connectivity index is 1.97. The molecule has 0 fully saturated rings. The van der Waals surface area contributed by atoms with Gasteiger partial charge in [-0.2, -0.15) is 0 Å². The van der Waals surface area contributed by atoms with Crippen molar-refractivity contribution in [2.75, 3.05) is 19.7 Å². The predicted molar refractivity (Wildman–Crippen MR) is 86.0 cm³/mol. The molecule has 2 aromatic rings. The minimum absolute atomic E-state index is 0.859.